The van der Waals surface area contributed by atoms with Crippen LogP contribution in [0.1, 0.15) is 38.0 Å². The molecular weight excluding hydrogens is 356 g/mol. The topological polar surface area (TPSA) is 69.6 Å². The Hall–Kier alpha value is -1.15. The third-order valence-electron chi connectivity index (χ3n) is 4.97. The third-order valence-corrected chi connectivity index (χ3v) is 8.42. The van der Waals surface area contributed by atoms with E-state index in [2.05, 4.69) is 18.3 Å². The highest BCUT2D eigenvalue weighted by atomic mass is 32.2. The molecule has 1 unspecified atom stereocenters. The van der Waals surface area contributed by atoms with E-state index in [0.717, 1.165) is 42.0 Å². The number of hydrogen-bond acceptors (Lipinski definition) is 5. The van der Waals surface area contributed by atoms with Crippen molar-refractivity contribution in [2.45, 2.75) is 37.3 Å². The highest BCUT2D eigenvalue weighted by molar-refractivity contribution is 7.91. The molecule has 1 aromatic rings. The molecule has 25 heavy (non-hydrogen) atoms. The van der Waals surface area contributed by atoms with Gasteiger partial charge in [-0.05, 0) is 44.2 Å². The number of dihydropyridines is 1. The third kappa shape index (κ3) is 3.84. The minimum absolute atomic E-state index is 0.0457. The normalized spacial score (nSPS) is 22.7. The lowest BCUT2D eigenvalue weighted by Crippen LogP contribution is -2.40. The number of piperidine rings is 1. The molecule has 2 aliphatic heterocycles. The molecule has 2 N–H and O–H groups in total. The summed E-state index contributed by atoms with van der Waals surface area (Å²) in [6.07, 6.45) is 4.85. The zero-order valence-corrected chi connectivity index (χ0v) is 16.4. The number of hydrogen-bond donors (Lipinski definition) is 2. The summed E-state index contributed by atoms with van der Waals surface area (Å²) < 4.78 is 27.8. The summed E-state index contributed by atoms with van der Waals surface area (Å²) in [5.74, 6) is 0.0468. The minimum Gasteiger partial charge on any atom is -0.396 e. The summed E-state index contributed by atoms with van der Waals surface area (Å²) in [5.41, 5.74) is 3.49. The molecule has 3 heterocycles. The van der Waals surface area contributed by atoms with Gasteiger partial charge in [-0.2, -0.15) is 4.31 Å². The molecule has 7 heteroatoms. The van der Waals surface area contributed by atoms with E-state index in [1.54, 1.807) is 6.07 Å². The Kier molecular flexibility index (Phi) is 5.68. The fraction of sp³-hybridized carbons (Fsp3) is 0.556. The molecule has 1 fully saturated rings. The van der Waals surface area contributed by atoms with Gasteiger partial charge in [0.2, 0.25) is 0 Å². The van der Waals surface area contributed by atoms with Crippen molar-refractivity contribution in [1.29, 1.82) is 0 Å². The van der Waals surface area contributed by atoms with E-state index in [1.165, 1.54) is 21.2 Å². The van der Waals surface area contributed by atoms with Gasteiger partial charge in [0, 0.05) is 42.4 Å². The Balaban J connectivity index is 1.87. The summed E-state index contributed by atoms with van der Waals surface area (Å²) in [4.78, 5) is 0.977. The molecule has 0 bridgehead atoms. The molecule has 0 spiro atoms. The van der Waals surface area contributed by atoms with Crippen LogP contribution in [-0.2, 0) is 10.0 Å². The van der Waals surface area contributed by atoms with Crippen LogP contribution in [0, 0.1) is 5.92 Å². The predicted molar refractivity (Wildman–Crippen MR) is 102 cm³/mol. The van der Waals surface area contributed by atoms with Gasteiger partial charge in [-0.25, -0.2) is 8.42 Å². The van der Waals surface area contributed by atoms with E-state index < -0.39 is 10.0 Å². The fourth-order valence-corrected chi connectivity index (χ4v) is 6.40. The maximum atomic E-state index is 13.0. The average Bonchev–Trinajstić information content (AvgIpc) is 3.13. The second-order valence-electron chi connectivity index (χ2n) is 6.72. The van der Waals surface area contributed by atoms with Crippen molar-refractivity contribution in [3.8, 4) is 0 Å². The van der Waals surface area contributed by atoms with Crippen molar-refractivity contribution >= 4 is 26.9 Å². The van der Waals surface area contributed by atoms with Crippen LogP contribution >= 0.6 is 11.3 Å². The monoisotopic (exact) mass is 382 g/mol. The van der Waals surface area contributed by atoms with Crippen LogP contribution in [0.5, 0.6) is 0 Å². The number of thiophene rings is 1. The lowest BCUT2D eigenvalue weighted by Gasteiger charge is -2.30. The van der Waals surface area contributed by atoms with E-state index in [-0.39, 0.29) is 12.5 Å². The largest absolute Gasteiger partial charge is 0.396 e. The van der Waals surface area contributed by atoms with Crippen molar-refractivity contribution in [1.82, 2.24) is 9.62 Å². The van der Waals surface area contributed by atoms with Gasteiger partial charge in [0.25, 0.3) is 10.0 Å². The molecule has 138 valence electrons. The average molecular weight is 383 g/mol. The van der Waals surface area contributed by atoms with Crippen LogP contribution in [0.4, 0.5) is 0 Å². The Morgan fingerprint density at radius 3 is 2.92 bits per heavy atom. The van der Waals surface area contributed by atoms with Gasteiger partial charge >= 0.3 is 0 Å². The van der Waals surface area contributed by atoms with Gasteiger partial charge < -0.3 is 10.4 Å². The van der Waals surface area contributed by atoms with Crippen molar-refractivity contribution in [2.75, 3.05) is 26.2 Å². The summed E-state index contributed by atoms with van der Waals surface area (Å²) in [7, 11) is -3.48. The first-order valence-electron chi connectivity index (χ1n) is 8.81. The molecule has 2 aliphatic rings. The molecule has 3 rings (SSSR count). The molecule has 1 saturated heterocycles. The fourth-order valence-electron chi connectivity index (χ4n) is 3.31. The van der Waals surface area contributed by atoms with E-state index in [0.29, 0.717) is 17.3 Å². The van der Waals surface area contributed by atoms with Gasteiger partial charge in [0.15, 0.2) is 0 Å². The molecule has 0 amide bonds. The molecule has 0 radical (unpaired) electrons. The summed E-state index contributed by atoms with van der Waals surface area (Å²) in [5, 5.41) is 12.7. The van der Waals surface area contributed by atoms with Crippen molar-refractivity contribution in [3.05, 3.63) is 34.4 Å². The first-order chi connectivity index (χ1) is 12.0. The molecule has 5 nitrogen and oxygen atoms in total. The standard InChI is InChI=1S/C18H26N2O3S2/c1-3-14-9-16(13(2)19-10-14)17-6-7-18(24-17)25(22,23)20-8-4-5-15(11-20)12-21/h6-7,9,15,19,21H,3-5,8,10-12H2,1-2H3. The van der Waals surface area contributed by atoms with Crippen LogP contribution in [0.2, 0.25) is 0 Å². The van der Waals surface area contributed by atoms with Gasteiger partial charge in [0.1, 0.15) is 4.21 Å². The number of nitrogens with zero attached hydrogens (tertiary/aromatic N) is 1. The Morgan fingerprint density at radius 1 is 1.40 bits per heavy atom. The van der Waals surface area contributed by atoms with E-state index in [9.17, 15) is 13.5 Å². The van der Waals surface area contributed by atoms with Crippen molar-refractivity contribution in [3.63, 3.8) is 0 Å². The SMILES string of the molecule is CCC1=CC(c2ccc(S(=O)(=O)N3CCCC(CO)C3)s2)=C(C)NC1. The quantitative estimate of drug-likeness (QED) is 0.822. The molecule has 0 aliphatic carbocycles. The second kappa shape index (κ2) is 7.61. The summed E-state index contributed by atoms with van der Waals surface area (Å²) in [6, 6.07) is 3.62. The number of sulfonamides is 1. The number of nitrogens with one attached hydrogen (secondary N) is 1. The Morgan fingerprint density at radius 2 is 2.20 bits per heavy atom. The van der Waals surface area contributed by atoms with Crippen LogP contribution in [0.25, 0.3) is 5.57 Å². The second-order valence-corrected chi connectivity index (χ2v) is 9.97. The van der Waals surface area contributed by atoms with E-state index in [4.69, 9.17) is 0 Å². The number of allylic oxidation sites excluding steroid dienone is 3. The first kappa shape index (κ1) is 18.6. The van der Waals surface area contributed by atoms with E-state index in [1.807, 2.05) is 13.0 Å². The summed E-state index contributed by atoms with van der Waals surface area (Å²) >= 11 is 1.33. The summed E-state index contributed by atoms with van der Waals surface area (Å²) in [6.45, 7) is 6.01. The molecule has 0 saturated carbocycles. The number of rotatable bonds is 5. The van der Waals surface area contributed by atoms with Crippen LogP contribution < -0.4 is 5.32 Å². The van der Waals surface area contributed by atoms with Gasteiger partial charge in [-0.15, -0.1) is 11.3 Å². The molecule has 1 atom stereocenters. The lowest BCUT2D eigenvalue weighted by atomic mass is 10.0. The zero-order valence-electron chi connectivity index (χ0n) is 14.8. The van der Waals surface area contributed by atoms with Crippen molar-refractivity contribution in [2.24, 2.45) is 5.92 Å². The highest BCUT2D eigenvalue weighted by Gasteiger charge is 2.31. The van der Waals surface area contributed by atoms with E-state index >= 15 is 0 Å². The number of aliphatic hydroxyl groups excluding tert-OH is 1. The first-order valence-corrected chi connectivity index (χ1v) is 11.1. The van der Waals surface area contributed by atoms with Gasteiger partial charge in [-0.1, -0.05) is 18.6 Å². The molecular formula is C18H26N2O3S2. The van der Waals surface area contributed by atoms with Gasteiger partial charge in [0.05, 0.1) is 0 Å². The maximum absolute atomic E-state index is 13.0. The Bertz CT molecular complexity index is 793. The van der Waals surface area contributed by atoms with Crippen LogP contribution in [0.15, 0.2) is 33.7 Å². The van der Waals surface area contributed by atoms with Crippen LogP contribution in [0.3, 0.4) is 0 Å². The molecule has 1 aromatic heterocycles. The van der Waals surface area contributed by atoms with Gasteiger partial charge in [-0.3, -0.25) is 0 Å². The number of aliphatic hydroxyl groups is 1. The maximum Gasteiger partial charge on any atom is 0.252 e. The zero-order chi connectivity index (χ0) is 18.0. The smallest absolute Gasteiger partial charge is 0.252 e. The minimum atomic E-state index is -3.48. The van der Waals surface area contributed by atoms with Crippen LogP contribution in [-0.4, -0.2) is 44.1 Å². The Labute approximate surface area is 154 Å². The lowest BCUT2D eigenvalue weighted by molar-refractivity contribution is 0.165. The highest BCUT2D eigenvalue weighted by Crippen LogP contribution is 2.34. The molecule has 0 aromatic carbocycles. The van der Waals surface area contributed by atoms with Crippen molar-refractivity contribution < 1.29 is 13.5 Å². The predicted octanol–water partition coefficient (Wildman–Crippen LogP) is 2.81.